The third-order valence-corrected chi connectivity index (χ3v) is 3.62. The van der Waals surface area contributed by atoms with E-state index in [2.05, 4.69) is 11.6 Å². The van der Waals surface area contributed by atoms with E-state index in [1.807, 2.05) is 0 Å². The summed E-state index contributed by atoms with van der Waals surface area (Å²) < 4.78 is 4.12. The molecule has 0 aliphatic carbocycles. The molecule has 0 fully saturated rings. The van der Waals surface area contributed by atoms with Crippen LogP contribution in [0.4, 0.5) is 0 Å². The van der Waals surface area contributed by atoms with Crippen molar-refractivity contribution in [3.63, 3.8) is 0 Å². The predicted octanol–water partition coefficient (Wildman–Crippen LogP) is 5.09. The van der Waals surface area contributed by atoms with Crippen LogP contribution in [0.15, 0.2) is 0 Å². The minimum absolute atomic E-state index is 0. The molecule has 0 heterocycles. The van der Waals surface area contributed by atoms with Crippen LogP contribution in [0.3, 0.4) is 0 Å². The third-order valence-electron chi connectivity index (χ3n) is 3.62. The molecule has 0 rings (SSSR count). The normalized spacial score (nSPS) is 10.1. The molecule has 0 aromatic rings. The molecule has 2 nitrogen and oxygen atoms in total. The van der Waals surface area contributed by atoms with Crippen molar-refractivity contribution in [3.8, 4) is 0 Å². The Morgan fingerprint density at radius 2 is 1.10 bits per heavy atom. The molecule has 0 amide bonds. The first kappa shape index (κ1) is 22.7. The minimum atomic E-state index is -0.289. The van der Waals surface area contributed by atoms with Crippen LogP contribution in [0.2, 0.25) is 0 Å². The molecule has 114 valence electrons. The zero-order chi connectivity index (χ0) is 14.2. The zero-order valence-electron chi connectivity index (χ0n) is 13.3. The van der Waals surface area contributed by atoms with Gasteiger partial charge in [-0.15, -0.1) is 0 Å². The number of carbonyl (C=O) groups is 1. The van der Waals surface area contributed by atoms with Gasteiger partial charge in [0.2, 0.25) is 0 Å². The second-order valence-electron chi connectivity index (χ2n) is 5.48. The fourth-order valence-corrected chi connectivity index (χ4v) is 2.35. The Morgan fingerprint density at radius 3 is 1.45 bits per heavy atom. The van der Waals surface area contributed by atoms with Crippen molar-refractivity contribution in [1.29, 1.82) is 0 Å². The molecule has 20 heavy (non-hydrogen) atoms. The molecule has 0 saturated heterocycles. The Balaban J connectivity index is 0. The van der Waals surface area contributed by atoms with Gasteiger partial charge >= 0.3 is 8.05 Å². The first-order chi connectivity index (χ1) is 9.31. The van der Waals surface area contributed by atoms with E-state index >= 15 is 0 Å². The summed E-state index contributed by atoms with van der Waals surface area (Å²) in [4.78, 5) is 10.8. The SMILES string of the molecule is [B]OC(=O)CCCCCCCCCCCCCCC.[Zr]. The van der Waals surface area contributed by atoms with Crippen LogP contribution >= 0.6 is 0 Å². The van der Waals surface area contributed by atoms with Crippen molar-refractivity contribution in [2.45, 2.75) is 96.8 Å². The molecule has 0 aromatic carbocycles. The quantitative estimate of drug-likeness (QED) is 0.320. The topological polar surface area (TPSA) is 26.3 Å². The van der Waals surface area contributed by atoms with E-state index in [1.165, 1.54) is 70.6 Å². The Morgan fingerprint density at radius 1 is 0.750 bits per heavy atom. The average Bonchev–Trinajstić information content (AvgIpc) is 2.43. The van der Waals surface area contributed by atoms with E-state index in [-0.39, 0.29) is 32.2 Å². The molecule has 0 atom stereocenters. The minimum Gasteiger partial charge on any atom is -0.543 e. The van der Waals surface area contributed by atoms with E-state index in [0.717, 1.165) is 12.8 Å². The number of rotatable bonds is 14. The van der Waals surface area contributed by atoms with Gasteiger partial charge in [-0.3, -0.25) is 4.79 Å². The molecule has 0 aromatic heterocycles. The van der Waals surface area contributed by atoms with Crippen molar-refractivity contribution < 1.29 is 35.7 Å². The summed E-state index contributed by atoms with van der Waals surface area (Å²) >= 11 is 0. The van der Waals surface area contributed by atoms with Gasteiger partial charge in [-0.25, -0.2) is 0 Å². The standard InChI is InChI=1S/C16H31BO2.Zr/c1-2-3-4-5-6-7-8-9-10-11-12-13-14-15-16(18)19-17;/h2-15H2,1H3;. The van der Waals surface area contributed by atoms with Crippen LogP contribution in [0.25, 0.3) is 0 Å². The average molecular weight is 357 g/mol. The zero-order valence-corrected chi connectivity index (χ0v) is 15.8. The Hall–Kier alpha value is 0.418. The van der Waals surface area contributed by atoms with Crippen LogP contribution in [-0.2, 0) is 35.7 Å². The van der Waals surface area contributed by atoms with E-state index in [1.54, 1.807) is 0 Å². The van der Waals surface area contributed by atoms with Gasteiger partial charge in [0.05, 0.1) is 0 Å². The smallest absolute Gasteiger partial charge is 0.378 e. The van der Waals surface area contributed by atoms with Gasteiger partial charge in [-0.05, 0) is 6.42 Å². The Labute approximate surface area is 146 Å². The maximum Gasteiger partial charge on any atom is 0.378 e. The summed E-state index contributed by atoms with van der Waals surface area (Å²) in [7, 11) is 4.77. The number of carbonyl (C=O) groups excluding carboxylic acids is 1. The van der Waals surface area contributed by atoms with Crippen LogP contribution in [0, 0.1) is 0 Å². The molecular formula is C16H31BO2Zr. The van der Waals surface area contributed by atoms with Gasteiger partial charge < -0.3 is 4.65 Å². The fourth-order valence-electron chi connectivity index (χ4n) is 2.35. The third kappa shape index (κ3) is 18.4. The maximum absolute atomic E-state index is 10.8. The summed E-state index contributed by atoms with van der Waals surface area (Å²) in [6.45, 7) is 2.26. The number of hydrogen-bond donors (Lipinski definition) is 0. The summed E-state index contributed by atoms with van der Waals surface area (Å²) in [5.41, 5.74) is 0. The largest absolute Gasteiger partial charge is 0.543 e. The molecular weight excluding hydrogens is 326 g/mol. The maximum atomic E-state index is 10.8. The van der Waals surface area contributed by atoms with Crippen molar-refractivity contribution in [1.82, 2.24) is 0 Å². The monoisotopic (exact) mass is 356 g/mol. The van der Waals surface area contributed by atoms with Crippen LogP contribution in [0.1, 0.15) is 96.8 Å². The van der Waals surface area contributed by atoms with E-state index in [4.69, 9.17) is 8.05 Å². The van der Waals surface area contributed by atoms with E-state index in [9.17, 15) is 4.79 Å². The molecule has 0 N–H and O–H groups in total. The van der Waals surface area contributed by atoms with E-state index in [0.29, 0.717) is 6.42 Å². The van der Waals surface area contributed by atoms with Gasteiger partial charge in [-0.2, -0.15) is 0 Å². The molecule has 0 bridgehead atoms. The molecule has 2 radical (unpaired) electrons. The van der Waals surface area contributed by atoms with Crippen LogP contribution in [-0.4, -0.2) is 14.0 Å². The first-order valence-corrected chi connectivity index (χ1v) is 8.20. The molecule has 0 aliphatic heterocycles. The molecule has 0 spiro atoms. The first-order valence-electron chi connectivity index (χ1n) is 8.20. The summed E-state index contributed by atoms with van der Waals surface area (Å²) in [6, 6.07) is 0. The summed E-state index contributed by atoms with van der Waals surface area (Å²) in [6.07, 6.45) is 17.5. The molecule has 0 aliphatic rings. The Kier molecular flexibility index (Phi) is 22.0. The summed E-state index contributed by atoms with van der Waals surface area (Å²) in [5.74, 6) is -0.289. The van der Waals surface area contributed by atoms with Crippen molar-refractivity contribution in [2.24, 2.45) is 0 Å². The Bertz CT molecular complexity index is 201. The predicted molar refractivity (Wildman–Crippen MR) is 82.2 cm³/mol. The number of hydrogen-bond acceptors (Lipinski definition) is 2. The van der Waals surface area contributed by atoms with Gasteiger partial charge in [0.15, 0.2) is 0 Å². The second kappa shape index (κ2) is 19.4. The van der Waals surface area contributed by atoms with Crippen molar-refractivity contribution in [3.05, 3.63) is 0 Å². The second-order valence-corrected chi connectivity index (χ2v) is 5.48. The molecule has 4 heteroatoms. The molecule has 0 unspecified atom stereocenters. The van der Waals surface area contributed by atoms with Gasteiger partial charge in [0.25, 0.3) is 5.97 Å². The number of unbranched alkanes of at least 4 members (excludes halogenated alkanes) is 12. The molecule has 0 saturated carbocycles. The van der Waals surface area contributed by atoms with Crippen LogP contribution in [0.5, 0.6) is 0 Å². The van der Waals surface area contributed by atoms with Gasteiger partial charge in [-0.1, -0.05) is 84.0 Å². The van der Waals surface area contributed by atoms with Crippen molar-refractivity contribution >= 4 is 14.0 Å². The van der Waals surface area contributed by atoms with E-state index < -0.39 is 0 Å². The van der Waals surface area contributed by atoms with Crippen molar-refractivity contribution in [2.75, 3.05) is 0 Å². The van der Waals surface area contributed by atoms with Gasteiger partial charge in [0, 0.05) is 32.6 Å². The van der Waals surface area contributed by atoms with Crippen LogP contribution < -0.4 is 0 Å². The van der Waals surface area contributed by atoms with Gasteiger partial charge in [0.1, 0.15) is 0 Å². The fraction of sp³-hybridized carbons (Fsp3) is 0.938. The summed E-state index contributed by atoms with van der Waals surface area (Å²) in [5, 5.41) is 0.